The molecule has 2 aromatic carbocycles. The van der Waals surface area contributed by atoms with E-state index in [0.29, 0.717) is 22.7 Å². The SMILES string of the molecule is O=C(Nc1ccc(N2CCCCC2=O)cc1)c1cc(Br)ccc1Cl. The molecule has 2 aromatic rings. The zero-order valence-corrected chi connectivity index (χ0v) is 15.2. The van der Waals surface area contributed by atoms with Crippen LogP contribution in [0.25, 0.3) is 0 Å². The van der Waals surface area contributed by atoms with Crippen LogP contribution in [0.5, 0.6) is 0 Å². The first kappa shape index (κ1) is 17.0. The van der Waals surface area contributed by atoms with Crippen LogP contribution in [0.2, 0.25) is 5.02 Å². The number of amides is 2. The second kappa shape index (κ2) is 7.36. The van der Waals surface area contributed by atoms with E-state index in [0.717, 1.165) is 29.5 Å². The van der Waals surface area contributed by atoms with E-state index in [1.807, 2.05) is 12.1 Å². The second-order valence-corrected chi connectivity index (χ2v) is 6.95. The molecule has 0 spiro atoms. The lowest BCUT2D eigenvalue weighted by Gasteiger charge is -2.26. The quantitative estimate of drug-likeness (QED) is 0.789. The summed E-state index contributed by atoms with van der Waals surface area (Å²) in [6.07, 6.45) is 2.57. The minimum Gasteiger partial charge on any atom is -0.322 e. The van der Waals surface area contributed by atoms with Crippen molar-refractivity contribution < 1.29 is 9.59 Å². The maximum Gasteiger partial charge on any atom is 0.257 e. The van der Waals surface area contributed by atoms with Crippen LogP contribution in [0, 0.1) is 0 Å². The normalized spacial score (nSPS) is 14.6. The van der Waals surface area contributed by atoms with Crippen molar-refractivity contribution in [3.8, 4) is 0 Å². The van der Waals surface area contributed by atoms with Crippen molar-refractivity contribution in [2.24, 2.45) is 0 Å². The molecule has 1 fully saturated rings. The summed E-state index contributed by atoms with van der Waals surface area (Å²) in [6, 6.07) is 12.4. The van der Waals surface area contributed by atoms with Gasteiger partial charge in [0.1, 0.15) is 0 Å². The highest BCUT2D eigenvalue weighted by Gasteiger charge is 2.19. The van der Waals surface area contributed by atoms with Gasteiger partial charge in [0.2, 0.25) is 5.91 Å². The summed E-state index contributed by atoms with van der Waals surface area (Å²) in [5, 5.41) is 3.21. The zero-order chi connectivity index (χ0) is 17.1. The van der Waals surface area contributed by atoms with Crippen LogP contribution in [0.15, 0.2) is 46.9 Å². The lowest BCUT2D eigenvalue weighted by atomic mass is 10.1. The van der Waals surface area contributed by atoms with Gasteiger partial charge in [-0.25, -0.2) is 0 Å². The lowest BCUT2D eigenvalue weighted by molar-refractivity contribution is -0.119. The Bertz CT molecular complexity index is 777. The van der Waals surface area contributed by atoms with Crippen molar-refractivity contribution >= 4 is 50.7 Å². The van der Waals surface area contributed by atoms with E-state index in [1.54, 1.807) is 35.2 Å². The van der Waals surface area contributed by atoms with Gasteiger partial charge in [-0.15, -0.1) is 0 Å². The molecular formula is C18H16BrClN2O2. The molecule has 1 N–H and O–H groups in total. The van der Waals surface area contributed by atoms with Crippen molar-refractivity contribution in [3.63, 3.8) is 0 Å². The molecule has 0 aromatic heterocycles. The van der Waals surface area contributed by atoms with E-state index in [2.05, 4.69) is 21.2 Å². The molecule has 124 valence electrons. The Morgan fingerprint density at radius 3 is 2.58 bits per heavy atom. The van der Waals surface area contributed by atoms with Gasteiger partial charge in [0.05, 0.1) is 10.6 Å². The predicted octanol–water partition coefficient (Wildman–Crippen LogP) is 4.87. The van der Waals surface area contributed by atoms with Crippen LogP contribution in [0.4, 0.5) is 11.4 Å². The summed E-state index contributed by atoms with van der Waals surface area (Å²) in [5.74, 6) is -0.123. The summed E-state index contributed by atoms with van der Waals surface area (Å²) in [5.41, 5.74) is 1.92. The number of hydrogen-bond donors (Lipinski definition) is 1. The Balaban J connectivity index is 1.73. The maximum atomic E-state index is 12.3. The fraction of sp³-hybridized carbons (Fsp3) is 0.222. The summed E-state index contributed by atoms with van der Waals surface area (Å²) in [6.45, 7) is 0.748. The van der Waals surface area contributed by atoms with Gasteiger partial charge in [-0.2, -0.15) is 0 Å². The van der Waals surface area contributed by atoms with Gasteiger partial charge in [0.15, 0.2) is 0 Å². The summed E-state index contributed by atoms with van der Waals surface area (Å²) >= 11 is 9.41. The third-order valence-electron chi connectivity index (χ3n) is 3.93. The summed E-state index contributed by atoms with van der Waals surface area (Å²) < 4.78 is 0.788. The van der Waals surface area contributed by atoms with Crippen LogP contribution in [-0.4, -0.2) is 18.4 Å². The molecule has 1 aliphatic heterocycles. The summed E-state index contributed by atoms with van der Waals surface area (Å²) in [4.78, 5) is 26.1. The number of carbonyl (C=O) groups excluding carboxylic acids is 2. The average molecular weight is 408 g/mol. The number of piperidine rings is 1. The molecule has 0 atom stereocenters. The third kappa shape index (κ3) is 3.79. The molecule has 2 amide bonds. The largest absolute Gasteiger partial charge is 0.322 e. The fourth-order valence-corrected chi connectivity index (χ4v) is 3.24. The molecule has 1 heterocycles. The molecule has 1 aliphatic rings. The number of benzene rings is 2. The van der Waals surface area contributed by atoms with Crippen molar-refractivity contribution in [3.05, 3.63) is 57.5 Å². The van der Waals surface area contributed by atoms with Crippen LogP contribution >= 0.6 is 27.5 Å². The fourth-order valence-electron chi connectivity index (χ4n) is 2.67. The van der Waals surface area contributed by atoms with Gasteiger partial charge in [-0.3, -0.25) is 9.59 Å². The first-order valence-electron chi connectivity index (χ1n) is 7.71. The number of halogens is 2. The molecule has 24 heavy (non-hydrogen) atoms. The molecule has 0 bridgehead atoms. The standard InChI is InChI=1S/C18H16BrClN2O2/c19-12-4-9-16(20)15(11-12)18(24)21-13-5-7-14(8-6-13)22-10-2-1-3-17(22)23/h4-9,11H,1-3,10H2,(H,21,24). The van der Waals surface area contributed by atoms with Crippen molar-refractivity contribution in [2.45, 2.75) is 19.3 Å². The van der Waals surface area contributed by atoms with E-state index < -0.39 is 0 Å². The molecular weight excluding hydrogens is 392 g/mol. The molecule has 0 radical (unpaired) electrons. The first-order valence-corrected chi connectivity index (χ1v) is 8.88. The number of nitrogens with one attached hydrogen (secondary N) is 1. The van der Waals surface area contributed by atoms with E-state index in [4.69, 9.17) is 11.6 Å². The van der Waals surface area contributed by atoms with Gasteiger partial charge >= 0.3 is 0 Å². The second-order valence-electron chi connectivity index (χ2n) is 5.63. The molecule has 4 nitrogen and oxygen atoms in total. The molecule has 0 saturated carbocycles. The topological polar surface area (TPSA) is 49.4 Å². The monoisotopic (exact) mass is 406 g/mol. The first-order chi connectivity index (χ1) is 11.5. The van der Waals surface area contributed by atoms with E-state index in [9.17, 15) is 9.59 Å². The van der Waals surface area contributed by atoms with Crippen LogP contribution in [0.1, 0.15) is 29.6 Å². The highest BCUT2D eigenvalue weighted by Crippen LogP contribution is 2.25. The Labute approximate surface area is 153 Å². The number of nitrogens with zero attached hydrogens (tertiary/aromatic N) is 1. The van der Waals surface area contributed by atoms with Crippen molar-refractivity contribution in [2.75, 3.05) is 16.8 Å². The van der Waals surface area contributed by atoms with E-state index in [1.165, 1.54) is 0 Å². The highest BCUT2D eigenvalue weighted by atomic mass is 79.9. The molecule has 1 saturated heterocycles. The van der Waals surface area contributed by atoms with Gasteiger partial charge in [-0.1, -0.05) is 27.5 Å². The lowest BCUT2D eigenvalue weighted by Crippen LogP contribution is -2.35. The summed E-state index contributed by atoms with van der Waals surface area (Å²) in [7, 11) is 0. The van der Waals surface area contributed by atoms with Crippen molar-refractivity contribution in [1.29, 1.82) is 0 Å². The number of carbonyl (C=O) groups is 2. The van der Waals surface area contributed by atoms with Gasteiger partial charge in [0.25, 0.3) is 5.91 Å². The molecule has 0 aliphatic carbocycles. The Morgan fingerprint density at radius 1 is 1.12 bits per heavy atom. The van der Waals surface area contributed by atoms with Crippen LogP contribution in [0.3, 0.4) is 0 Å². The Kier molecular flexibility index (Phi) is 5.21. The highest BCUT2D eigenvalue weighted by molar-refractivity contribution is 9.10. The zero-order valence-electron chi connectivity index (χ0n) is 12.9. The van der Waals surface area contributed by atoms with Crippen LogP contribution in [-0.2, 0) is 4.79 Å². The molecule has 3 rings (SSSR count). The minimum absolute atomic E-state index is 0.152. The van der Waals surface area contributed by atoms with Crippen molar-refractivity contribution in [1.82, 2.24) is 0 Å². The van der Waals surface area contributed by atoms with Gasteiger partial charge in [-0.05, 0) is 55.3 Å². The molecule has 6 heteroatoms. The van der Waals surface area contributed by atoms with Crippen LogP contribution < -0.4 is 10.2 Å². The number of anilines is 2. The Morgan fingerprint density at radius 2 is 1.88 bits per heavy atom. The maximum absolute atomic E-state index is 12.3. The number of rotatable bonds is 3. The third-order valence-corrected chi connectivity index (χ3v) is 4.76. The minimum atomic E-state index is -0.275. The molecule has 0 unspecified atom stereocenters. The van der Waals surface area contributed by atoms with E-state index >= 15 is 0 Å². The van der Waals surface area contributed by atoms with Gasteiger partial charge in [0, 0.05) is 28.8 Å². The van der Waals surface area contributed by atoms with Gasteiger partial charge < -0.3 is 10.2 Å². The average Bonchev–Trinajstić information content (AvgIpc) is 2.58. The Hall–Kier alpha value is -1.85. The van der Waals surface area contributed by atoms with E-state index in [-0.39, 0.29) is 11.8 Å². The predicted molar refractivity (Wildman–Crippen MR) is 99.8 cm³/mol. The smallest absolute Gasteiger partial charge is 0.257 e. The number of hydrogen-bond acceptors (Lipinski definition) is 2.